The summed E-state index contributed by atoms with van der Waals surface area (Å²) >= 11 is 0. The Morgan fingerprint density at radius 3 is 2.58 bits per heavy atom. The largest absolute Gasteiger partial charge is 0.478 e. The summed E-state index contributed by atoms with van der Waals surface area (Å²) in [6.45, 7) is 2.30. The molecular formula is C12H18N2O4S. The maximum absolute atomic E-state index is 12.0. The Morgan fingerprint density at radius 2 is 2.05 bits per heavy atom. The van der Waals surface area contributed by atoms with Crippen LogP contribution in [0, 0.1) is 0 Å². The number of carbonyl (C=O) groups is 1. The Hall–Kier alpha value is -1.60. The second kappa shape index (κ2) is 6.53. The van der Waals surface area contributed by atoms with Gasteiger partial charge in [0.2, 0.25) is 10.0 Å². The number of anilines is 1. The van der Waals surface area contributed by atoms with E-state index < -0.39 is 16.0 Å². The van der Waals surface area contributed by atoms with E-state index >= 15 is 0 Å². The fraction of sp³-hybridized carbons (Fsp3) is 0.417. The predicted molar refractivity (Wildman–Crippen MR) is 73.0 cm³/mol. The van der Waals surface area contributed by atoms with Gasteiger partial charge in [-0.2, -0.15) is 0 Å². The molecule has 0 spiro atoms. The van der Waals surface area contributed by atoms with Crippen molar-refractivity contribution in [1.82, 2.24) is 4.72 Å². The monoisotopic (exact) mass is 286 g/mol. The average molecular weight is 286 g/mol. The molecule has 0 unspecified atom stereocenters. The van der Waals surface area contributed by atoms with E-state index in [-0.39, 0.29) is 10.5 Å². The Labute approximate surface area is 112 Å². The van der Waals surface area contributed by atoms with Crippen molar-refractivity contribution in [2.24, 2.45) is 0 Å². The molecule has 3 N–H and O–H groups in total. The molecule has 0 aliphatic carbocycles. The molecule has 0 aliphatic heterocycles. The lowest BCUT2D eigenvalue weighted by Crippen LogP contribution is -2.25. The van der Waals surface area contributed by atoms with E-state index in [1.165, 1.54) is 12.1 Å². The van der Waals surface area contributed by atoms with Gasteiger partial charge in [0.05, 0.1) is 10.5 Å². The van der Waals surface area contributed by atoms with E-state index in [9.17, 15) is 13.2 Å². The first-order valence-corrected chi connectivity index (χ1v) is 7.45. The second-order valence-electron chi connectivity index (χ2n) is 4.01. The Kier molecular flexibility index (Phi) is 5.31. The number of rotatable bonds is 7. The van der Waals surface area contributed by atoms with Gasteiger partial charge in [0.1, 0.15) is 0 Å². The molecule has 1 rings (SSSR count). The number of aromatic carboxylic acids is 1. The molecule has 0 atom stereocenters. The van der Waals surface area contributed by atoms with E-state index in [2.05, 4.69) is 10.0 Å². The van der Waals surface area contributed by atoms with Gasteiger partial charge in [0.25, 0.3) is 0 Å². The molecule has 0 fully saturated rings. The number of hydrogen-bond acceptors (Lipinski definition) is 4. The number of sulfonamides is 1. The first-order valence-electron chi connectivity index (χ1n) is 5.97. The minimum Gasteiger partial charge on any atom is -0.478 e. The lowest BCUT2D eigenvalue weighted by atomic mass is 10.2. The zero-order valence-corrected chi connectivity index (χ0v) is 11.8. The third-order valence-corrected chi connectivity index (χ3v) is 4.08. The fourth-order valence-electron chi connectivity index (χ4n) is 1.55. The second-order valence-corrected chi connectivity index (χ2v) is 5.78. The summed E-state index contributed by atoms with van der Waals surface area (Å²) in [6, 6.07) is 3.98. The van der Waals surface area contributed by atoms with Crippen LogP contribution in [-0.2, 0) is 10.0 Å². The molecule has 7 heteroatoms. The van der Waals surface area contributed by atoms with E-state index in [0.29, 0.717) is 12.2 Å². The van der Waals surface area contributed by atoms with E-state index in [4.69, 9.17) is 5.11 Å². The fourth-order valence-corrected chi connectivity index (χ4v) is 2.65. The molecule has 0 saturated heterocycles. The summed E-state index contributed by atoms with van der Waals surface area (Å²) in [6.07, 6.45) is 1.61. The van der Waals surface area contributed by atoms with Crippen molar-refractivity contribution < 1.29 is 18.3 Å². The van der Waals surface area contributed by atoms with E-state index in [1.807, 2.05) is 6.92 Å². The quantitative estimate of drug-likeness (QED) is 0.660. The minimum absolute atomic E-state index is 0.0417. The molecule has 0 saturated carbocycles. The van der Waals surface area contributed by atoms with E-state index in [0.717, 1.165) is 18.9 Å². The highest BCUT2D eigenvalue weighted by Crippen LogP contribution is 2.20. The highest BCUT2D eigenvalue weighted by molar-refractivity contribution is 7.89. The average Bonchev–Trinajstić information content (AvgIpc) is 2.38. The van der Waals surface area contributed by atoms with Gasteiger partial charge < -0.3 is 10.4 Å². The predicted octanol–water partition coefficient (Wildman–Crippen LogP) is 1.50. The number of hydrogen-bond donors (Lipinski definition) is 3. The van der Waals surface area contributed by atoms with Crippen molar-refractivity contribution in [3.05, 3.63) is 23.8 Å². The molecular weight excluding hydrogens is 268 g/mol. The summed E-state index contributed by atoms with van der Waals surface area (Å²) in [5.74, 6) is -1.17. The topological polar surface area (TPSA) is 95.5 Å². The van der Waals surface area contributed by atoms with Crippen LogP contribution in [0.1, 0.15) is 30.1 Å². The number of carboxylic acid groups (broad SMARTS) is 1. The molecule has 1 aromatic carbocycles. The summed E-state index contributed by atoms with van der Waals surface area (Å²) in [7, 11) is -2.08. The SMILES string of the molecule is CCCCNS(=O)(=O)c1ccc(NC)c(C(=O)O)c1. The summed E-state index contributed by atoms with van der Waals surface area (Å²) in [4.78, 5) is 11.0. The Morgan fingerprint density at radius 1 is 1.37 bits per heavy atom. The normalized spacial score (nSPS) is 11.3. The van der Waals surface area contributed by atoms with Crippen LogP contribution >= 0.6 is 0 Å². The van der Waals surface area contributed by atoms with Gasteiger partial charge in [-0.25, -0.2) is 17.9 Å². The smallest absolute Gasteiger partial charge is 0.337 e. The third kappa shape index (κ3) is 3.93. The van der Waals surface area contributed by atoms with Crippen molar-refractivity contribution in [1.29, 1.82) is 0 Å². The molecule has 0 amide bonds. The van der Waals surface area contributed by atoms with Crippen LogP contribution in [0.3, 0.4) is 0 Å². The van der Waals surface area contributed by atoms with Gasteiger partial charge >= 0.3 is 5.97 Å². The number of nitrogens with one attached hydrogen (secondary N) is 2. The summed E-state index contributed by atoms with van der Waals surface area (Å²) in [5, 5.41) is 11.8. The van der Waals surface area contributed by atoms with Gasteiger partial charge in [0.15, 0.2) is 0 Å². The molecule has 1 aromatic rings. The van der Waals surface area contributed by atoms with Crippen LogP contribution in [0.5, 0.6) is 0 Å². The zero-order valence-electron chi connectivity index (χ0n) is 10.9. The lowest BCUT2D eigenvalue weighted by Gasteiger charge is -2.10. The molecule has 19 heavy (non-hydrogen) atoms. The maximum atomic E-state index is 12.0. The molecule has 0 aromatic heterocycles. The van der Waals surface area contributed by atoms with Crippen molar-refractivity contribution in [2.45, 2.75) is 24.7 Å². The molecule has 0 radical (unpaired) electrons. The molecule has 106 valence electrons. The summed E-state index contributed by atoms with van der Waals surface area (Å²) in [5.41, 5.74) is 0.306. The van der Waals surface area contributed by atoms with Gasteiger partial charge in [-0.05, 0) is 24.6 Å². The maximum Gasteiger partial charge on any atom is 0.337 e. The van der Waals surface area contributed by atoms with Gasteiger partial charge in [-0.3, -0.25) is 0 Å². The van der Waals surface area contributed by atoms with Gasteiger partial charge in [0, 0.05) is 19.3 Å². The van der Waals surface area contributed by atoms with Gasteiger partial charge in [-0.15, -0.1) is 0 Å². The Bertz CT molecular complexity index is 555. The van der Waals surface area contributed by atoms with Gasteiger partial charge in [-0.1, -0.05) is 13.3 Å². The van der Waals surface area contributed by atoms with Crippen LogP contribution in [-0.4, -0.2) is 33.1 Å². The van der Waals surface area contributed by atoms with Crippen LogP contribution in [0.4, 0.5) is 5.69 Å². The molecule has 0 aliphatic rings. The number of unbranched alkanes of at least 4 members (excludes halogenated alkanes) is 1. The van der Waals surface area contributed by atoms with Crippen LogP contribution < -0.4 is 10.0 Å². The Balaban J connectivity index is 3.07. The standard InChI is InChI=1S/C12H18N2O4S/c1-3-4-7-14-19(17,18)9-5-6-11(13-2)10(8-9)12(15)16/h5-6,8,13-14H,3-4,7H2,1-2H3,(H,15,16). The van der Waals surface area contributed by atoms with Crippen molar-refractivity contribution >= 4 is 21.7 Å². The van der Waals surface area contributed by atoms with Crippen molar-refractivity contribution in [2.75, 3.05) is 18.9 Å². The third-order valence-electron chi connectivity index (χ3n) is 2.62. The molecule has 6 nitrogen and oxygen atoms in total. The highest BCUT2D eigenvalue weighted by Gasteiger charge is 2.18. The van der Waals surface area contributed by atoms with E-state index in [1.54, 1.807) is 7.05 Å². The minimum atomic E-state index is -3.65. The van der Waals surface area contributed by atoms with Crippen molar-refractivity contribution in [3.8, 4) is 0 Å². The summed E-state index contributed by atoms with van der Waals surface area (Å²) < 4.78 is 26.4. The highest BCUT2D eigenvalue weighted by atomic mass is 32.2. The number of benzene rings is 1. The first-order chi connectivity index (χ1) is 8.92. The number of carboxylic acids is 1. The van der Waals surface area contributed by atoms with Crippen LogP contribution in [0.15, 0.2) is 23.1 Å². The molecule has 0 heterocycles. The zero-order chi connectivity index (χ0) is 14.5. The molecule has 0 bridgehead atoms. The first kappa shape index (κ1) is 15.5. The van der Waals surface area contributed by atoms with Crippen LogP contribution in [0.25, 0.3) is 0 Å². The van der Waals surface area contributed by atoms with Crippen LogP contribution in [0.2, 0.25) is 0 Å². The van der Waals surface area contributed by atoms with Crippen molar-refractivity contribution in [3.63, 3.8) is 0 Å². The lowest BCUT2D eigenvalue weighted by molar-refractivity contribution is 0.0697.